The van der Waals surface area contributed by atoms with Crippen molar-refractivity contribution >= 4 is 49.9 Å². The molecule has 102 valence electrons. The van der Waals surface area contributed by atoms with Crippen LogP contribution in [0.5, 0.6) is 0 Å². The van der Waals surface area contributed by atoms with Gasteiger partial charge in [-0.05, 0) is 70.8 Å². The number of hydrogen-bond donors (Lipinski definition) is 1. The average molecular weight is 450 g/mol. The van der Waals surface area contributed by atoms with Gasteiger partial charge in [0.15, 0.2) is 0 Å². The lowest BCUT2D eigenvalue weighted by molar-refractivity contribution is 0.530. The number of halogens is 2. The number of thiophene rings is 1. The van der Waals surface area contributed by atoms with Crippen molar-refractivity contribution in [1.82, 2.24) is 5.32 Å². The molecule has 0 fully saturated rings. The maximum absolute atomic E-state index is 3.67. The fourth-order valence-corrected chi connectivity index (χ4v) is 3.86. The lowest BCUT2D eigenvalue weighted by Gasteiger charge is -2.20. The highest BCUT2D eigenvalue weighted by Gasteiger charge is 2.15. The van der Waals surface area contributed by atoms with Gasteiger partial charge in [-0.1, -0.05) is 28.9 Å². The highest BCUT2D eigenvalue weighted by Crippen LogP contribution is 2.28. The van der Waals surface area contributed by atoms with E-state index in [4.69, 9.17) is 0 Å². The Labute approximate surface area is 141 Å². The monoisotopic (exact) mass is 449 g/mol. The minimum Gasteiger partial charge on any atom is -0.310 e. The predicted molar refractivity (Wildman–Crippen MR) is 95.9 cm³/mol. The molecule has 0 spiro atoms. The minimum atomic E-state index is 0.392. The summed E-state index contributed by atoms with van der Waals surface area (Å²) in [6.07, 6.45) is 2.22. The van der Waals surface area contributed by atoms with Gasteiger partial charge in [0.05, 0.1) is 0 Å². The smallest absolute Gasteiger partial charge is 0.0379 e. The summed E-state index contributed by atoms with van der Waals surface area (Å²) < 4.78 is 2.48. The van der Waals surface area contributed by atoms with Gasteiger partial charge in [-0.2, -0.15) is 0 Å². The quantitative estimate of drug-likeness (QED) is 0.582. The van der Waals surface area contributed by atoms with E-state index in [9.17, 15) is 0 Å². The van der Waals surface area contributed by atoms with Crippen molar-refractivity contribution < 1.29 is 0 Å². The molecule has 0 amide bonds. The highest BCUT2D eigenvalue weighted by atomic mass is 127. The summed E-state index contributed by atoms with van der Waals surface area (Å²) in [7, 11) is 0. The lowest BCUT2D eigenvalue weighted by atomic mass is 10.0. The molecule has 0 radical (unpaired) electrons. The van der Waals surface area contributed by atoms with Crippen LogP contribution in [0.3, 0.4) is 0 Å². The van der Waals surface area contributed by atoms with Crippen molar-refractivity contribution in [3.8, 4) is 0 Å². The van der Waals surface area contributed by atoms with Gasteiger partial charge >= 0.3 is 0 Å². The van der Waals surface area contributed by atoms with Crippen LogP contribution >= 0.6 is 49.9 Å². The number of nitrogens with one attached hydrogen (secondary N) is 1. The van der Waals surface area contributed by atoms with Crippen molar-refractivity contribution in [2.75, 3.05) is 6.54 Å². The standard InChI is InChI=1S/C15H17BrINS/c1-2-7-18-15(10-12-4-3-8-19-12)13-9-11(16)5-6-14(13)17/h3-6,8-9,15,18H,2,7,10H2,1H3. The van der Waals surface area contributed by atoms with E-state index in [1.165, 1.54) is 14.0 Å². The number of rotatable bonds is 6. The third kappa shape index (κ3) is 4.55. The first-order valence-electron chi connectivity index (χ1n) is 6.41. The molecular weight excluding hydrogens is 433 g/mol. The Bertz CT molecular complexity index is 513. The third-order valence-corrected chi connectivity index (χ3v) is 5.33. The van der Waals surface area contributed by atoms with Crippen molar-refractivity contribution in [3.63, 3.8) is 0 Å². The van der Waals surface area contributed by atoms with Crippen molar-refractivity contribution in [1.29, 1.82) is 0 Å². The molecule has 1 nitrogen and oxygen atoms in total. The molecule has 2 aromatic rings. The topological polar surface area (TPSA) is 12.0 Å². The van der Waals surface area contributed by atoms with E-state index in [0.717, 1.165) is 23.9 Å². The van der Waals surface area contributed by atoms with Crippen LogP contribution < -0.4 is 5.32 Å². The van der Waals surface area contributed by atoms with Crippen LogP contribution in [0, 0.1) is 3.57 Å². The number of benzene rings is 1. The summed E-state index contributed by atoms with van der Waals surface area (Å²) in [5, 5.41) is 5.82. The summed E-state index contributed by atoms with van der Waals surface area (Å²) in [6, 6.07) is 11.3. The highest BCUT2D eigenvalue weighted by molar-refractivity contribution is 14.1. The summed E-state index contributed by atoms with van der Waals surface area (Å²) >= 11 is 7.85. The molecule has 1 atom stereocenters. The predicted octanol–water partition coefficient (Wildman–Crippen LogP) is 5.40. The fraction of sp³-hybridized carbons (Fsp3) is 0.333. The van der Waals surface area contributed by atoms with Crippen LogP contribution in [0.2, 0.25) is 0 Å². The van der Waals surface area contributed by atoms with Crippen LogP contribution in [0.15, 0.2) is 40.2 Å². The molecule has 1 aromatic carbocycles. The van der Waals surface area contributed by atoms with E-state index in [2.05, 4.69) is 86.5 Å². The summed E-state index contributed by atoms with van der Waals surface area (Å²) in [4.78, 5) is 1.43. The zero-order chi connectivity index (χ0) is 13.7. The van der Waals surface area contributed by atoms with E-state index in [1.54, 1.807) is 0 Å². The van der Waals surface area contributed by atoms with Crippen LogP contribution in [-0.2, 0) is 6.42 Å². The van der Waals surface area contributed by atoms with Crippen molar-refractivity contribution in [2.45, 2.75) is 25.8 Å². The van der Waals surface area contributed by atoms with Gasteiger partial charge in [0.25, 0.3) is 0 Å². The first-order chi connectivity index (χ1) is 9.20. The molecule has 2 rings (SSSR count). The van der Waals surface area contributed by atoms with Crippen LogP contribution in [-0.4, -0.2) is 6.54 Å². The first-order valence-corrected chi connectivity index (χ1v) is 9.16. The SMILES string of the molecule is CCCNC(Cc1cccs1)c1cc(Br)ccc1I. The zero-order valence-corrected chi connectivity index (χ0v) is 15.4. The Balaban J connectivity index is 2.23. The summed E-state index contributed by atoms with van der Waals surface area (Å²) in [6.45, 7) is 3.26. The molecule has 0 aliphatic carbocycles. The maximum Gasteiger partial charge on any atom is 0.0379 e. The minimum absolute atomic E-state index is 0.392. The molecule has 1 N–H and O–H groups in total. The molecule has 1 heterocycles. The Kier molecular flexibility index (Phi) is 6.32. The lowest BCUT2D eigenvalue weighted by Crippen LogP contribution is -2.24. The maximum atomic E-state index is 3.67. The third-order valence-electron chi connectivity index (χ3n) is 2.96. The molecule has 1 unspecified atom stereocenters. The molecule has 0 aliphatic heterocycles. The Morgan fingerprint density at radius 2 is 2.21 bits per heavy atom. The molecule has 4 heteroatoms. The average Bonchev–Trinajstić information content (AvgIpc) is 2.90. The molecule has 0 saturated carbocycles. The summed E-state index contributed by atoms with van der Waals surface area (Å²) in [5.74, 6) is 0. The van der Waals surface area contributed by atoms with Crippen LogP contribution in [0.4, 0.5) is 0 Å². The van der Waals surface area contributed by atoms with Gasteiger partial charge in [0.2, 0.25) is 0 Å². The molecule has 0 bridgehead atoms. The van der Waals surface area contributed by atoms with E-state index in [1.807, 2.05) is 11.3 Å². The Morgan fingerprint density at radius 3 is 2.89 bits per heavy atom. The first kappa shape index (κ1) is 15.5. The van der Waals surface area contributed by atoms with Crippen molar-refractivity contribution in [2.24, 2.45) is 0 Å². The Hall–Kier alpha value is 0.0900. The van der Waals surface area contributed by atoms with Crippen LogP contribution in [0.25, 0.3) is 0 Å². The molecular formula is C15H17BrINS. The second kappa shape index (κ2) is 7.76. The van der Waals surface area contributed by atoms with E-state index in [-0.39, 0.29) is 0 Å². The zero-order valence-electron chi connectivity index (χ0n) is 10.8. The number of hydrogen-bond acceptors (Lipinski definition) is 2. The largest absolute Gasteiger partial charge is 0.310 e. The second-order valence-corrected chi connectivity index (χ2v) is 7.57. The normalized spacial score (nSPS) is 12.6. The van der Waals surface area contributed by atoms with Gasteiger partial charge < -0.3 is 5.32 Å². The van der Waals surface area contributed by atoms with Crippen LogP contribution in [0.1, 0.15) is 29.8 Å². The van der Waals surface area contributed by atoms with Gasteiger partial charge in [-0.3, -0.25) is 0 Å². The van der Waals surface area contributed by atoms with Crippen molar-refractivity contribution in [3.05, 3.63) is 54.2 Å². The second-order valence-electron chi connectivity index (χ2n) is 4.46. The van der Waals surface area contributed by atoms with Gasteiger partial charge in [-0.15, -0.1) is 11.3 Å². The molecule has 0 aliphatic rings. The van der Waals surface area contributed by atoms with Gasteiger partial charge in [0.1, 0.15) is 0 Å². The Morgan fingerprint density at radius 1 is 1.37 bits per heavy atom. The fourth-order valence-electron chi connectivity index (χ4n) is 2.02. The van der Waals surface area contributed by atoms with E-state index >= 15 is 0 Å². The van der Waals surface area contributed by atoms with Gasteiger partial charge in [-0.25, -0.2) is 0 Å². The molecule has 1 aromatic heterocycles. The molecule has 0 saturated heterocycles. The van der Waals surface area contributed by atoms with E-state index < -0.39 is 0 Å². The van der Waals surface area contributed by atoms with E-state index in [0.29, 0.717) is 6.04 Å². The summed E-state index contributed by atoms with van der Waals surface area (Å²) in [5.41, 5.74) is 1.39. The molecule has 19 heavy (non-hydrogen) atoms. The van der Waals surface area contributed by atoms with Gasteiger partial charge in [0, 0.05) is 25.4 Å².